The molecule has 0 saturated carbocycles. The SMILES string of the molecule is COC(=O)c1cccc(C(C)N2CCC(OC(c3ccccc3)c3ccccc3)CC2)n1. The monoisotopic (exact) mass is 430 g/mol. The van der Waals surface area contributed by atoms with Crippen molar-refractivity contribution in [2.24, 2.45) is 0 Å². The molecule has 5 heteroatoms. The molecule has 1 fully saturated rings. The van der Waals surface area contributed by atoms with Crippen LogP contribution < -0.4 is 0 Å². The fraction of sp³-hybridized carbons (Fsp3) is 0.333. The fourth-order valence-corrected chi connectivity index (χ4v) is 4.29. The first-order valence-electron chi connectivity index (χ1n) is 11.2. The van der Waals surface area contributed by atoms with Crippen LogP contribution >= 0.6 is 0 Å². The molecule has 5 nitrogen and oxygen atoms in total. The van der Waals surface area contributed by atoms with Crippen LogP contribution in [0.2, 0.25) is 0 Å². The van der Waals surface area contributed by atoms with E-state index < -0.39 is 5.97 Å². The first-order chi connectivity index (χ1) is 15.7. The number of carbonyl (C=O) groups excluding carboxylic acids is 1. The lowest BCUT2D eigenvalue weighted by atomic mass is 9.99. The summed E-state index contributed by atoms with van der Waals surface area (Å²) in [4.78, 5) is 18.8. The number of hydrogen-bond acceptors (Lipinski definition) is 5. The highest BCUT2D eigenvalue weighted by atomic mass is 16.5. The number of carbonyl (C=O) groups is 1. The summed E-state index contributed by atoms with van der Waals surface area (Å²) in [5.74, 6) is -0.404. The number of pyridine rings is 1. The third-order valence-electron chi connectivity index (χ3n) is 6.15. The maximum atomic E-state index is 11.8. The minimum absolute atomic E-state index is 0.0650. The maximum Gasteiger partial charge on any atom is 0.356 e. The van der Waals surface area contributed by atoms with E-state index in [2.05, 4.69) is 65.3 Å². The van der Waals surface area contributed by atoms with Crippen LogP contribution in [0.4, 0.5) is 0 Å². The van der Waals surface area contributed by atoms with E-state index in [0.29, 0.717) is 5.69 Å². The third-order valence-corrected chi connectivity index (χ3v) is 6.15. The van der Waals surface area contributed by atoms with Gasteiger partial charge in [-0.3, -0.25) is 4.90 Å². The molecule has 1 unspecified atom stereocenters. The summed E-state index contributed by atoms with van der Waals surface area (Å²) in [7, 11) is 1.38. The zero-order chi connectivity index (χ0) is 22.3. The van der Waals surface area contributed by atoms with E-state index in [1.165, 1.54) is 18.2 Å². The zero-order valence-electron chi connectivity index (χ0n) is 18.7. The molecule has 0 bridgehead atoms. The Balaban J connectivity index is 1.41. The number of piperidine rings is 1. The quantitative estimate of drug-likeness (QED) is 0.482. The number of nitrogens with zero attached hydrogens (tertiary/aromatic N) is 2. The molecule has 166 valence electrons. The second kappa shape index (κ2) is 10.5. The summed E-state index contributed by atoms with van der Waals surface area (Å²) in [5.41, 5.74) is 3.60. The average Bonchev–Trinajstić information content (AvgIpc) is 2.88. The van der Waals surface area contributed by atoms with Gasteiger partial charge in [0.05, 0.1) is 18.9 Å². The van der Waals surface area contributed by atoms with Gasteiger partial charge in [0, 0.05) is 19.1 Å². The molecule has 1 aromatic heterocycles. The summed E-state index contributed by atoms with van der Waals surface area (Å²) in [6, 6.07) is 26.5. The number of esters is 1. The Bertz CT molecular complexity index is 962. The number of aromatic nitrogens is 1. The van der Waals surface area contributed by atoms with Crippen LogP contribution in [0, 0.1) is 0 Å². The fourth-order valence-electron chi connectivity index (χ4n) is 4.29. The minimum Gasteiger partial charge on any atom is -0.464 e. The summed E-state index contributed by atoms with van der Waals surface area (Å²) < 4.78 is 11.5. The van der Waals surface area contributed by atoms with Gasteiger partial charge in [0.15, 0.2) is 0 Å². The van der Waals surface area contributed by atoms with E-state index in [9.17, 15) is 4.79 Å². The minimum atomic E-state index is -0.404. The molecule has 0 radical (unpaired) electrons. The lowest BCUT2D eigenvalue weighted by molar-refractivity contribution is -0.0328. The van der Waals surface area contributed by atoms with E-state index in [-0.39, 0.29) is 18.2 Å². The van der Waals surface area contributed by atoms with E-state index in [4.69, 9.17) is 9.47 Å². The van der Waals surface area contributed by atoms with E-state index in [0.717, 1.165) is 31.6 Å². The summed E-state index contributed by atoms with van der Waals surface area (Å²) in [6.07, 6.45) is 2.04. The van der Waals surface area contributed by atoms with Gasteiger partial charge in [0.25, 0.3) is 0 Å². The second-order valence-corrected chi connectivity index (χ2v) is 8.19. The van der Waals surface area contributed by atoms with Gasteiger partial charge in [-0.2, -0.15) is 0 Å². The summed E-state index contributed by atoms with van der Waals surface area (Å²) in [6.45, 7) is 3.99. The Labute approximate surface area is 190 Å². The summed E-state index contributed by atoms with van der Waals surface area (Å²) >= 11 is 0. The molecule has 1 aliphatic heterocycles. The highest BCUT2D eigenvalue weighted by Gasteiger charge is 2.28. The molecule has 3 aromatic rings. The van der Waals surface area contributed by atoms with Gasteiger partial charge in [-0.25, -0.2) is 9.78 Å². The van der Waals surface area contributed by atoms with Gasteiger partial charge in [0.1, 0.15) is 11.8 Å². The van der Waals surface area contributed by atoms with Crippen molar-refractivity contribution in [3.63, 3.8) is 0 Å². The molecule has 0 spiro atoms. The lowest BCUT2D eigenvalue weighted by Gasteiger charge is -2.37. The van der Waals surface area contributed by atoms with Gasteiger partial charge in [-0.1, -0.05) is 66.7 Å². The van der Waals surface area contributed by atoms with Gasteiger partial charge in [-0.05, 0) is 43.0 Å². The number of hydrogen-bond donors (Lipinski definition) is 0. The molecule has 1 aliphatic rings. The zero-order valence-corrected chi connectivity index (χ0v) is 18.7. The molecule has 0 amide bonds. The molecular weight excluding hydrogens is 400 g/mol. The van der Waals surface area contributed by atoms with Gasteiger partial charge < -0.3 is 9.47 Å². The van der Waals surface area contributed by atoms with Crippen LogP contribution in [-0.2, 0) is 9.47 Å². The standard InChI is InChI=1S/C27H30N2O3/c1-20(24-14-9-15-25(28-24)27(30)31-2)29-18-16-23(17-19-29)32-26(21-10-5-3-6-11-21)22-12-7-4-8-13-22/h3-15,20,23,26H,16-19H2,1-2H3. The topological polar surface area (TPSA) is 51.7 Å². The van der Waals surface area contributed by atoms with Crippen LogP contribution in [0.5, 0.6) is 0 Å². The molecule has 0 aliphatic carbocycles. The van der Waals surface area contributed by atoms with Crippen LogP contribution in [0.3, 0.4) is 0 Å². The largest absolute Gasteiger partial charge is 0.464 e. The maximum absolute atomic E-state index is 11.8. The van der Waals surface area contributed by atoms with Crippen molar-refractivity contribution in [2.75, 3.05) is 20.2 Å². The molecular formula is C27H30N2O3. The highest BCUT2D eigenvalue weighted by molar-refractivity contribution is 5.87. The molecule has 2 aromatic carbocycles. The Morgan fingerprint density at radius 2 is 1.50 bits per heavy atom. The van der Waals surface area contributed by atoms with Crippen LogP contribution in [0.25, 0.3) is 0 Å². The Morgan fingerprint density at radius 1 is 0.906 bits per heavy atom. The predicted octanol–water partition coefficient (Wildman–Crippen LogP) is 5.20. The Morgan fingerprint density at radius 3 is 2.06 bits per heavy atom. The van der Waals surface area contributed by atoms with Crippen molar-refractivity contribution < 1.29 is 14.3 Å². The van der Waals surface area contributed by atoms with Crippen LogP contribution in [0.1, 0.15) is 59.2 Å². The molecule has 4 rings (SSSR count). The molecule has 2 heterocycles. The van der Waals surface area contributed by atoms with Crippen molar-refractivity contribution in [1.82, 2.24) is 9.88 Å². The van der Waals surface area contributed by atoms with Crippen LogP contribution in [0.15, 0.2) is 78.9 Å². The first-order valence-corrected chi connectivity index (χ1v) is 11.2. The van der Waals surface area contributed by atoms with Crippen LogP contribution in [-0.4, -0.2) is 42.2 Å². The molecule has 1 atom stereocenters. The van der Waals surface area contributed by atoms with E-state index in [1.807, 2.05) is 24.3 Å². The van der Waals surface area contributed by atoms with E-state index in [1.54, 1.807) is 6.07 Å². The number of methoxy groups -OCH3 is 1. The highest BCUT2D eigenvalue weighted by Crippen LogP contribution is 2.31. The second-order valence-electron chi connectivity index (χ2n) is 8.19. The van der Waals surface area contributed by atoms with Crippen molar-refractivity contribution in [1.29, 1.82) is 0 Å². The predicted molar refractivity (Wildman–Crippen MR) is 124 cm³/mol. The Hall–Kier alpha value is -3.02. The summed E-state index contributed by atoms with van der Waals surface area (Å²) in [5, 5.41) is 0. The average molecular weight is 431 g/mol. The number of benzene rings is 2. The van der Waals surface area contributed by atoms with Gasteiger partial charge in [-0.15, -0.1) is 0 Å². The molecule has 32 heavy (non-hydrogen) atoms. The smallest absolute Gasteiger partial charge is 0.356 e. The van der Waals surface area contributed by atoms with Crippen molar-refractivity contribution in [2.45, 2.75) is 38.0 Å². The number of likely N-dealkylation sites (tertiary alicyclic amines) is 1. The van der Waals surface area contributed by atoms with E-state index >= 15 is 0 Å². The normalized spacial score (nSPS) is 16.1. The molecule has 1 saturated heterocycles. The molecule has 0 N–H and O–H groups in total. The van der Waals surface area contributed by atoms with Gasteiger partial charge >= 0.3 is 5.97 Å². The van der Waals surface area contributed by atoms with Crippen molar-refractivity contribution in [3.8, 4) is 0 Å². The number of rotatable bonds is 7. The lowest BCUT2D eigenvalue weighted by Crippen LogP contribution is -2.39. The Kier molecular flexibility index (Phi) is 7.30. The van der Waals surface area contributed by atoms with Crippen molar-refractivity contribution >= 4 is 5.97 Å². The number of ether oxygens (including phenoxy) is 2. The van der Waals surface area contributed by atoms with Gasteiger partial charge in [0.2, 0.25) is 0 Å². The van der Waals surface area contributed by atoms with Crippen molar-refractivity contribution in [3.05, 3.63) is 101 Å². The third kappa shape index (κ3) is 5.23. The first kappa shape index (κ1) is 22.2.